The monoisotopic (exact) mass is 468 g/mol. The average molecular weight is 469 g/mol. The van der Waals surface area contributed by atoms with Crippen molar-refractivity contribution in [2.24, 2.45) is 5.92 Å². The minimum atomic E-state index is 0.121. The van der Waals surface area contributed by atoms with Gasteiger partial charge in [-0.1, -0.05) is 78.9 Å². The molecule has 1 aliphatic heterocycles. The molecule has 1 atom stereocenters. The van der Waals surface area contributed by atoms with Gasteiger partial charge in [-0.15, -0.1) is 0 Å². The van der Waals surface area contributed by atoms with Crippen LogP contribution in [0.15, 0.2) is 91.0 Å². The summed E-state index contributed by atoms with van der Waals surface area (Å²) in [5.41, 5.74) is 3.69. The predicted molar refractivity (Wildman–Crippen MR) is 146 cm³/mol. The van der Waals surface area contributed by atoms with Crippen molar-refractivity contribution in [2.75, 3.05) is 33.2 Å². The smallest absolute Gasteiger partial charge is 0.253 e. The number of likely N-dealkylation sites (tertiary alicyclic amines) is 1. The first kappa shape index (κ1) is 25.2. The van der Waals surface area contributed by atoms with E-state index in [1.165, 1.54) is 49.9 Å². The first-order valence-electron chi connectivity index (χ1n) is 13.3. The zero-order valence-electron chi connectivity index (χ0n) is 21.2. The van der Waals surface area contributed by atoms with Gasteiger partial charge in [0.2, 0.25) is 0 Å². The molecule has 0 aliphatic carbocycles. The SMILES string of the molecule is CN(CCC(CCc1ccccc1)CCN1CCC(c2ccccc2)CC1)C(=O)c1ccccc1. The highest BCUT2D eigenvalue weighted by Crippen LogP contribution is 2.28. The molecule has 1 heterocycles. The van der Waals surface area contributed by atoms with Gasteiger partial charge in [-0.2, -0.15) is 0 Å². The Balaban J connectivity index is 1.28. The number of nitrogens with zero attached hydrogens (tertiary/aromatic N) is 2. The van der Waals surface area contributed by atoms with Gasteiger partial charge in [0.05, 0.1) is 0 Å². The molecule has 0 aromatic heterocycles. The Morgan fingerprint density at radius 1 is 0.829 bits per heavy atom. The number of amides is 1. The van der Waals surface area contributed by atoms with E-state index in [-0.39, 0.29) is 5.91 Å². The molecule has 0 N–H and O–H groups in total. The van der Waals surface area contributed by atoms with Gasteiger partial charge < -0.3 is 9.80 Å². The van der Waals surface area contributed by atoms with Gasteiger partial charge in [-0.3, -0.25) is 4.79 Å². The lowest BCUT2D eigenvalue weighted by atomic mass is 9.88. The lowest BCUT2D eigenvalue weighted by Gasteiger charge is -2.33. The normalized spacial score (nSPS) is 15.6. The minimum absolute atomic E-state index is 0.121. The Kier molecular flexibility index (Phi) is 9.54. The minimum Gasteiger partial charge on any atom is -0.342 e. The van der Waals surface area contributed by atoms with E-state index in [9.17, 15) is 4.79 Å². The molecule has 3 aromatic carbocycles. The molecule has 1 aliphatic rings. The van der Waals surface area contributed by atoms with Crippen molar-refractivity contribution >= 4 is 5.91 Å². The summed E-state index contributed by atoms with van der Waals surface area (Å²) in [6.45, 7) is 4.36. The fraction of sp³-hybridized carbons (Fsp3) is 0.406. The zero-order chi connectivity index (χ0) is 24.3. The first-order chi connectivity index (χ1) is 17.2. The summed E-state index contributed by atoms with van der Waals surface area (Å²) in [5, 5.41) is 0. The molecule has 0 radical (unpaired) electrons. The van der Waals surface area contributed by atoms with Crippen LogP contribution in [0.5, 0.6) is 0 Å². The van der Waals surface area contributed by atoms with Gasteiger partial charge in [0.25, 0.3) is 5.91 Å². The van der Waals surface area contributed by atoms with Crippen LogP contribution < -0.4 is 0 Å². The maximum Gasteiger partial charge on any atom is 0.253 e. The Labute approximate surface area is 211 Å². The third-order valence-electron chi connectivity index (χ3n) is 7.64. The lowest BCUT2D eigenvalue weighted by Crippen LogP contribution is -2.35. The third-order valence-corrected chi connectivity index (χ3v) is 7.64. The number of piperidine rings is 1. The van der Waals surface area contributed by atoms with E-state index in [0.29, 0.717) is 11.8 Å². The van der Waals surface area contributed by atoms with Gasteiger partial charge in [-0.25, -0.2) is 0 Å². The number of carbonyl (C=O) groups is 1. The van der Waals surface area contributed by atoms with Crippen LogP contribution in [-0.2, 0) is 6.42 Å². The van der Waals surface area contributed by atoms with Gasteiger partial charge >= 0.3 is 0 Å². The molecule has 184 valence electrons. The highest BCUT2D eigenvalue weighted by atomic mass is 16.2. The molecular weight excluding hydrogens is 428 g/mol. The van der Waals surface area contributed by atoms with Crippen LogP contribution in [0.25, 0.3) is 0 Å². The summed E-state index contributed by atoms with van der Waals surface area (Å²) < 4.78 is 0. The van der Waals surface area contributed by atoms with Crippen LogP contribution in [0, 0.1) is 5.92 Å². The Morgan fingerprint density at radius 2 is 1.43 bits per heavy atom. The van der Waals surface area contributed by atoms with Crippen molar-refractivity contribution < 1.29 is 4.79 Å². The third kappa shape index (κ3) is 7.80. The zero-order valence-corrected chi connectivity index (χ0v) is 21.2. The van der Waals surface area contributed by atoms with E-state index in [1.807, 2.05) is 42.3 Å². The van der Waals surface area contributed by atoms with E-state index >= 15 is 0 Å². The number of aryl methyl sites for hydroxylation is 1. The molecule has 0 bridgehead atoms. The van der Waals surface area contributed by atoms with Crippen LogP contribution in [-0.4, -0.2) is 48.9 Å². The molecule has 1 amide bonds. The van der Waals surface area contributed by atoms with E-state index in [1.54, 1.807) is 0 Å². The summed E-state index contributed by atoms with van der Waals surface area (Å²) in [6, 6.07) is 31.5. The Bertz CT molecular complexity index is 998. The quantitative estimate of drug-likeness (QED) is 0.314. The van der Waals surface area contributed by atoms with E-state index < -0.39 is 0 Å². The van der Waals surface area contributed by atoms with Crippen molar-refractivity contribution in [2.45, 2.75) is 44.4 Å². The van der Waals surface area contributed by atoms with E-state index in [0.717, 1.165) is 31.5 Å². The summed E-state index contributed by atoms with van der Waals surface area (Å²) in [7, 11) is 1.94. The number of hydrogen-bond acceptors (Lipinski definition) is 2. The maximum absolute atomic E-state index is 12.8. The van der Waals surface area contributed by atoms with Crippen LogP contribution >= 0.6 is 0 Å². The van der Waals surface area contributed by atoms with Crippen LogP contribution in [0.1, 0.15) is 59.5 Å². The maximum atomic E-state index is 12.8. The van der Waals surface area contributed by atoms with Crippen molar-refractivity contribution in [3.63, 3.8) is 0 Å². The van der Waals surface area contributed by atoms with E-state index in [2.05, 4.69) is 65.6 Å². The van der Waals surface area contributed by atoms with Crippen LogP contribution in [0.4, 0.5) is 0 Å². The molecule has 1 unspecified atom stereocenters. The first-order valence-corrected chi connectivity index (χ1v) is 13.3. The highest BCUT2D eigenvalue weighted by molar-refractivity contribution is 5.93. The second-order valence-corrected chi connectivity index (χ2v) is 10.1. The molecule has 3 nitrogen and oxygen atoms in total. The Morgan fingerprint density at radius 3 is 2.09 bits per heavy atom. The molecule has 0 spiro atoms. The molecule has 3 aromatic rings. The summed E-state index contributed by atoms with van der Waals surface area (Å²) >= 11 is 0. The van der Waals surface area contributed by atoms with Crippen molar-refractivity contribution in [1.82, 2.24) is 9.80 Å². The van der Waals surface area contributed by atoms with Gasteiger partial charge in [0, 0.05) is 19.2 Å². The molecule has 1 fully saturated rings. The summed E-state index contributed by atoms with van der Waals surface area (Å²) in [4.78, 5) is 17.4. The summed E-state index contributed by atoms with van der Waals surface area (Å²) in [6.07, 6.45) is 7.06. The average Bonchev–Trinajstić information content (AvgIpc) is 2.94. The second-order valence-electron chi connectivity index (χ2n) is 10.1. The lowest BCUT2D eigenvalue weighted by molar-refractivity contribution is 0.0784. The van der Waals surface area contributed by atoms with Crippen molar-refractivity contribution in [1.29, 1.82) is 0 Å². The van der Waals surface area contributed by atoms with E-state index in [4.69, 9.17) is 0 Å². The Hall–Kier alpha value is -2.91. The second kappa shape index (κ2) is 13.3. The van der Waals surface area contributed by atoms with Crippen LogP contribution in [0.3, 0.4) is 0 Å². The number of rotatable bonds is 11. The molecule has 4 rings (SSSR count). The van der Waals surface area contributed by atoms with Gasteiger partial charge in [0.1, 0.15) is 0 Å². The van der Waals surface area contributed by atoms with Crippen molar-refractivity contribution in [3.05, 3.63) is 108 Å². The van der Waals surface area contributed by atoms with Crippen LogP contribution in [0.2, 0.25) is 0 Å². The fourth-order valence-electron chi connectivity index (χ4n) is 5.31. The molecular formula is C32H40N2O. The number of carbonyl (C=O) groups excluding carboxylic acids is 1. The van der Waals surface area contributed by atoms with Crippen molar-refractivity contribution in [3.8, 4) is 0 Å². The highest BCUT2D eigenvalue weighted by Gasteiger charge is 2.22. The fourth-order valence-corrected chi connectivity index (χ4v) is 5.31. The molecule has 35 heavy (non-hydrogen) atoms. The largest absolute Gasteiger partial charge is 0.342 e. The predicted octanol–water partition coefficient (Wildman–Crippen LogP) is 6.67. The summed E-state index contributed by atoms with van der Waals surface area (Å²) in [5.74, 6) is 1.45. The van der Waals surface area contributed by atoms with Gasteiger partial charge in [0.15, 0.2) is 0 Å². The molecule has 1 saturated heterocycles. The topological polar surface area (TPSA) is 23.6 Å². The molecule has 3 heteroatoms. The van der Waals surface area contributed by atoms with Gasteiger partial charge in [-0.05, 0) is 93.3 Å². The number of hydrogen-bond donors (Lipinski definition) is 0. The standard InChI is InChI=1S/C32H40N2O/c1-33(32(35)31-15-9-4-10-16-31)23-19-28(18-17-27-11-5-2-6-12-27)20-24-34-25-21-30(22-26-34)29-13-7-3-8-14-29/h2-16,28,30H,17-26H2,1H3. The number of benzene rings is 3. The molecule has 0 saturated carbocycles.